The second kappa shape index (κ2) is 5.79. The maximum absolute atomic E-state index is 11.3. The fourth-order valence-corrected chi connectivity index (χ4v) is 0. The van der Waals surface area contributed by atoms with Crippen molar-refractivity contribution in [3.05, 3.63) is 0 Å². The van der Waals surface area contributed by atoms with Crippen LogP contribution in [0.3, 0.4) is 0 Å². The Hall–Kier alpha value is 0.657. The molecule has 0 saturated heterocycles. The standard InChI is InChI=1S/C2H5Cl2FSi.CH3F/c1-6(3,4)2-5;1-2/h2H2,1H3;1H3. The van der Waals surface area contributed by atoms with Crippen LogP contribution in [-0.4, -0.2) is 20.2 Å². The van der Waals surface area contributed by atoms with E-state index in [1.54, 1.807) is 0 Å². The molecule has 0 unspecified atom stereocenters. The summed E-state index contributed by atoms with van der Waals surface area (Å²) >= 11 is 10.5. The van der Waals surface area contributed by atoms with Crippen molar-refractivity contribution < 1.29 is 8.78 Å². The third-order valence-corrected chi connectivity index (χ3v) is 1.31. The van der Waals surface area contributed by atoms with E-state index in [9.17, 15) is 8.78 Å². The van der Waals surface area contributed by atoms with Gasteiger partial charge in [-0.15, -0.1) is 22.2 Å². The van der Waals surface area contributed by atoms with Gasteiger partial charge in [-0.2, -0.15) is 0 Å². The van der Waals surface area contributed by atoms with Gasteiger partial charge in [0.05, 0.1) is 7.18 Å². The average molecular weight is 181 g/mol. The molecule has 0 N–H and O–H groups in total. The Morgan fingerprint density at radius 2 is 1.50 bits per heavy atom. The molecule has 0 aromatic carbocycles. The van der Waals surface area contributed by atoms with E-state index >= 15 is 0 Å². The summed E-state index contributed by atoms with van der Waals surface area (Å²) in [7, 11) is 0.500. The number of hydrogen-bond donors (Lipinski definition) is 0. The van der Waals surface area contributed by atoms with Crippen LogP contribution in [0, 0.1) is 0 Å². The lowest BCUT2D eigenvalue weighted by atomic mass is 11.8. The smallest absolute Gasteiger partial charge is 0.255 e. The highest BCUT2D eigenvalue weighted by Gasteiger charge is 2.19. The molecule has 0 aromatic heterocycles. The Morgan fingerprint density at radius 3 is 1.50 bits per heavy atom. The summed E-state index contributed by atoms with van der Waals surface area (Å²) in [6.07, 6.45) is -0.559. The van der Waals surface area contributed by atoms with Gasteiger partial charge in [-0.25, -0.2) is 0 Å². The SMILES string of the molecule is CF.C[Si](Cl)(Cl)CF. The Balaban J connectivity index is 0. The molecule has 0 heterocycles. The van der Waals surface area contributed by atoms with Gasteiger partial charge in [0.15, 0.2) is 0 Å². The zero-order valence-corrected chi connectivity index (χ0v) is 7.23. The van der Waals surface area contributed by atoms with E-state index in [2.05, 4.69) is 0 Å². The summed E-state index contributed by atoms with van der Waals surface area (Å²) in [6.45, 7) is -0.816. The molecule has 0 atom stereocenters. The van der Waals surface area contributed by atoms with Crippen molar-refractivity contribution in [3.63, 3.8) is 0 Å². The van der Waals surface area contributed by atoms with Crippen molar-refractivity contribution in [2.45, 2.75) is 6.55 Å². The lowest BCUT2D eigenvalue weighted by Gasteiger charge is -1.98. The maximum Gasteiger partial charge on any atom is 0.278 e. The van der Waals surface area contributed by atoms with Crippen LogP contribution in [0.25, 0.3) is 0 Å². The van der Waals surface area contributed by atoms with Gasteiger partial charge in [0.1, 0.15) is 6.30 Å². The fourth-order valence-electron chi connectivity index (χ4n) is 0. The second-order valence-electron chi connectivity index (χ2n) is 1.20. The first-order valence-electron chi connectivity index (χ1n) is 1.88. The minimum Gasteiger partial charge on any atom is -0.255 e. The minimum atomic E-state index is -2.35. The quantitative estimate of drug-likeness (QED) is 0.431. The Labute approximate surface area is 58.2 Å². The Kier molecular flexibility index (Phi) is 8.29. The van der Waals surface area contributed by atoms with Gasteiger partial charge in [-0.3, -0.25) is 8.78 Å². The van der Waals surface area contributed by atoms with Crippen LogP contribution in [0.5, 0.6) is 0 Å². The lowest BCUT2D eigenvalue weighted by molar-refractivity contribution is 0.590. The van der Waals surface area contributed by atoms with E-state index in [0.29, 0.717) is 7.18 Å². The molecule has 0 aromatic rings. The molecule has 0 fully saturated rings. The van der Waals surface area contributed by atoms with Crippen LogP contribution in [0.2, 0.25) is 6.55 Å². The predicted molar refractivity (Wildman–Crippen MR) is 36.3 cm³/mol. The van der Waals surface area contributed by atoms with Gasteiger partial charge in [0.2, 0.25) is 0 Å². The van der Waals surface area contributed by atoms with Gasteiger partial charge in [-0.05, 0) is 6.55 Å². The van der Waals surface area contributed by atoms with Gasteiger partial charge in [0, 0.05) is 0 Å². The topological polar surface area (TPSA) is 0 Å². The van der Waals surface area contributed by atoms with Crippen LogP contribution < -0.4 is 0 Å². The van der Waals surface area contributed by atoms with Crippen molar-refractivity contribution in [2.75, 3.05) is 13.5 Å². The van der Waals surface area contributed by atoms with Gasteiger partial charge in [-0.1, -0.05) is 0 Å². The molecule has 0 bridgehead atoms. The van der Waals surface area contributed by atoms with Crippen molar-refractivity contribution >= 4 is 28.9 Å². The molecule has 0 saturated carbocycles. The van der Waals surface area contributed by atoms with E-state index in [4.69, 9.17) is 22.2 Å². The third kappa shape index (κ3) is 15.9. The van der Waals surface area contributed by atoms with Gasteiger partial charge >= 0.3 is 0 Å². The number of rotatable bonds is 1. The van der Waals surface area contributed by atoms with Crippen LogP contribution in [0.15, 0.2) is 0 Å². The van der Waals surface area contributed by atoms with Crippen molar-refractivity contribution in [1.82, 2.24) is 0 Å². The van der Waals surface area contributed by atoms with Crippen molar-refractivity contribution in [1.29, 1.82) is 0 Å². The molecular formula is C3H8Cl2F2Si. The molecule has 8 heavy (non-hydrogen) atoms. The Bertz CT molecular complexity index is 45.0. The Morgan fingerprint density at radius 1 is 1.38 bits per heavy atom. The molecule has 5 heteroatoms. The maximum atomic E-state index is 11.3. The van der Waals surface area contributed by atoms with Crippen LogP contribution >= 0.6 is 22.2 Å². The van der Waals surface area contributed by atoms with E-state index in [1.165, 1.54) is 6.55 Å². The van der Waals surface area contributed by atoms with Crippen LogP contribution in [0.4, 0.5) is 8.78 Å². The molecule has 0 aliphatic heterocycles. The summed E-state index contributed by atoms with van der Waals surface area (Å²) in [5.41, 5.74) is 0. The molecule has 0 aliphatic rings. The van der Waals surface area contributed by atoms with E-state index in [-0.39, 0.29) is 0 Å². The van der Waals surface area contributed by atoms with Crippen LogP contribution in [0.1, 0.15) is 0 Å². The zero-order valence-electron chi connectivity index (χ0n) is 4.72. The van der Waals surface area contributed by atoms with Crippen molar-refractivity contribution in [2.24, 2.45) is 0 Å². The average Bonchev–Trinajstić information content (AvgIpc) is 1.71. The van der Waals surface area contributed by atoms with E-state index in [1.807, 2.05) is 0 Å². The first-order chi connectivity index (χ1) is 3.56. The summed E-state index contributed by atoms with van der Waals surface area (Å²) in [6, 6.07) is 0. The predicted octanol–water partition coefficient (Wildman–Crippen LogP) is 2.63. The molecule has 0 spiro atoms. The molecule has 0 aliphatic carbocycles. The van der Waals surface area contributed by atoms with Gasteiger partial charge < -0.3 is 0 Å². The number of alkyl halides is 2. The summed E-state index contributed by atoms with van der Waals surface area (Å²) in [5, 5.41) is 0. The lowest BCUT2D eigenvalue weighted by Crippen LogP contribution is -2.15. The minimum absolute atomic E-state index is 0.500. The number of halogens is 4. The van der Waals surface area contributed by atoms with E-state index < -0.39 is 13.0 Å². The second-order valence-corrected chi connectivity index (χ2v) is 9.20. The highest BCUT2D eigenvalue weighted by molar-refractivity contribution is 7.44. The number of hydrogen-bond acceptors (Lipinski definition) is 0. The third-order valence-electron chi connectivity index (χ3n) is 0.235. The largest absolute Gasteiger partial charge is 0.278 e. The molecule has 0 amide bonds. The van der Waals surface area contributed by atoms with Gasteiger partial charge in [0.25, 0.3) is 6.69 Å². The summed E-state index contributed by atoms with van der Waals surface area (Å²) in [5.74, 6) is 0. The normalized spacial score (nSPS) is 9.75. The monoisotopic (exact) mass is 180 g/mol. The summed E-state index contributed by atoms with van der Waals surface area (Å²) < 4.78 is 20.8. The van der Waals surface area contributed by atoms with E-state index in [0.717, 1.165) is 0 Å². The first kappa shape index (κ1) is 11.5. The highest BCUT2D eigenvalue weighted by Crippen LogP contribution is 2.12. The molecule has 0 rings (SSSR count). The van der Waals surface area contributed by atoms with Crippen LogP contribution in [-0.2, 0) is 0 Å². The first-order valence-corrected chi connectivity index (χ1v) is 6.61. The molecule has 52 valence electrons. The molecular weight excluding hydrogens is 173 g/mol. The summed E-state index contributed by atoms with van der Waals surface area (Å²) in [4.78, 5) is 0. The molecule has 0 radical (unpaired) electrons. The zero-order chi connectivity index (χ0) is 7.21. The highest BCUT2D eigenvalue weighted by atomic mass is 35.7. The molecule has 0 nitrogen and oxygen atoms in total. The fraction of sp³-hybridized carbons (Fsp3) is 1.00. The van der Waals surface area contributed by atoms with Crippen molar-refractivity contribution in [3.8, 4) is 0 Å².